The van der Waals surface area contributed by atoms with E-state index in [2.05, 4.69) is 20.8 Å². The molecule has 6 aliphatic rings. The van der Waals surface area contributed by atoms with Gasteiger partial charge in [0.05, 0.1) is 37.1 Å². The van der Waals surface area contributed by atoms with Gasteiger partial charge in [-0.1, -0.05) is 38.0 Å². The van der Waals surface area contributed by atoms with E-state index >= 15 is 0 Å². The van der Waals surface area contributed by atoms with Crippen LogP contribution in [-0.2, 0) is 19.0 Å². The number of esters is 1. The van der Waals surface area contributed by atoms with E-state index in [4.69, 9.17) is 14.2 Å². The van der Waals surface area contributed by atoms with Gasteiger partial charge in [-0.2, -0.15) is 0 Å². The molecule has 7 N–H and O–H groups in total. The van der Waals surface area contributed by atoms with Crippen LogP contribution in [-0.4, -0.2) is 110 Å². The molecule has 254 valence electrons. The molecule has 0 aromatic heterocycles. The van der Waals surface area contributed by atoms with Crippen LogP contribution >= 0.6 is 0 Å². The number of ether oxygens (including phenoxy) is 3. The topological polar surface area (TPSA) is 186 Å². The van der Waals surface area contributed by atoms with Crippen molar-refractivity contribution in [1.29, 1.82) is 0 Å². The molecule has 0 amide bonds. The third-order valence-corrected chi connectivity index (χ3v) is 13.3. The van der Waals surface area contributed by atoms with Gasteiger partial charge in [0.2, 0.25) is 0 Å². The summed E-state index contributed by atoms with van der Waals surface area (Å²) >= 11 is 0. The Morgan fingerprint density at radius 3 is 2.40 bits per heavy atom. The molecular formula is C34H52O11. The molecule has 0 radical (unpaired) electrons. The van der Waals surface area contributed by atoms with Gasteiger partial charge < -0.3 is 50.0 Å². The number of cyclic esters (lactones) is 1. The van der Waals surface area contributed by atoms with Gasteiger partial charge in [-0.3, -0.25) is 0 Å². The second kappa shape index (κ2) is 12.2. The summed E-state index contributed by atoms with van der Waals surface area (Å²) in [6, 6.07) is 0. The number of carbonyl (C=O) groups is 1. The predicted octanol–water partition coefficient (Wildman–Crippen LogP) is 0.953. The molecule has 4 aliphatic carbocycles. The molecular weight excluding hydrogens is 584 g/mol. The molecule has 11 nitrogen and oxygen atoms in total. The maximum Gasteiger partial charge on any atom is 0.336 e. The fourth-order valence-electron chi connectivity index (χ4n) is 10.7. The Hall–Kier alpha value is -1.41. The Bertz CT molecular complexity index is 1200. The Balaban J connectivity index is 1.19. The molecule has 3 saturated carbocycles. The van der Waals surface area contributed by atoms with E-state index in [1.54, 1.807) is 0 Å². The number of carbonyl (C=O) groups excluding carboxylic acids is 1. The highest BCUT2D eigenvalue weighted by Gasteiger charge is 2.63. The van der Waals surface area contributed by atoms with E-state index in [-0.39, 0.29) is 48.2 Å². The van der Waals surface area contributed by atoms with Gasteiger partial charge in [-0.05, 0) is 74.0 Å². The number of rotatable bonds is 6. The summed E-state index contributed by atoms with van der Waals surface area (Å²) < 4.78 is 17.5. The van der Waals surface area contributed by atoms with E-state index in [0.717, 1.165) is 36.8 Å². The summed E-state index contributed by atoms with van der Waals surface area (Å²) in [4.78, 5) is 12.6. The SMILES string of the molecule is CC1=C(CO)C(=O)OC(C(C)C2CCC3C4C(O)C=C5CC(OC6OC(CO)C(O)C(O)C6O)CC(O)C5(C)C4CCC23C)C1. The maximum absolute atomic E-state index is 12.6. The van der Waals surface area contributed by atoms with Crippen molar-refractivity contribution in [3.63, 3.8) is 0 Å². The van der Waals surface area contributed by atoms with Crippen LogP contribution in [0.1, 0.15) is 72.6 Å². The summed E-state index contributed by atoms with van der Waals surface area (Å²) in [7, 11) is 0. The summed E-state index contributed by atoms with van der Waals surface area (Å²) in [5, 5.41) is 73.5. The zero-order chi connectivity index (χ0) is 32.6. The molecule has 16 unspecified atom stereocenters. The number of hydrogen-bond donors (Lipinski definition) is 7. The van der Waals surface area contributed by atoms with Gasteiger partial charge in [0.25, 0.3) is 0 Å². The Labute approximate surface area is 264 Å². The van der Waals surface area contributed by atoms with Crippen molar-refractivity contribution in [3.05, 3.63) is 22.8 Å². The molecule has 1 saturated heterocycles. The van der Waals surface area contributed by atoms with Crippen molar-refractivity contribution in [2.75, 3.05) is 13.2 Å². The first-order valence-electron chi connectivity index (χ1n) is 16.8. The Kier molecular flexibility index (Phi) is 9.11. The van der Waals surface area contributed by atoms with Gasteiger partial charge in [-0.15, -0.1) is 0 Å². The smallest absolute Gasteiger partial charge is 0.336 e. The monoisotopic (exact) mass is 636 g/mol. The van der Waals surface area contributed by atoms with Crippen molar-refractivity contribution >= 4 is 5.97 Å². The zero-order valence-electron chi connectivity index (χ0n) is 26.8. The van der Waals surface area contributed by atoms with Gasteiger partial charge >= 0.3 is 5.97 Å². The van der Waals surface area contributed by atoms with Crippen molar-refractivity contribution in [3.8, 4) is 0 Å². The Morgan fingerprint density at radius 2 is 1.73 bits per heavy atom. The predicted molar refractivity (Wildman–Crippen MR) is 160 cm³/mol. The molecule has 0 bridgehead atoms. The summed E-state index contributed by atoms with van der Waals surface area (Å²) in [6.07, 6.45) is -2.23. The lowest BCUT2D eigenvalue weighted by Gasteiger charge is -2.61. The van der Waals surface area contributed by atoms with E-state index in [1.165, 1.54) is 0 Å². The highest BCUT2D eigenvalue weighted by atomic mass is 16.7. The highest BCUT2D eigenvalue weighted by Crippen LogP contribution is 2.67. The standard InChI is InChI=1S/C34H52O11/c1-15-9-24(44-31(42)19(15)13-35)16(2)20-5-6-21-27-22(7-8-33(20,21)3)34(4)17(11-23(27)37)10-18(12-26(34)38)43-32-30(41)29(40)28(39)25(14-36)45-32/h11,16,18,20-30,32,35-41H,5-10,12-14H2,1-4H3. The van der Waals surface area contributed by atoms with Crippen LogP contribution in [0.3, 0.4) is 0 Å². The molecule has 0 aromatic rings. The van der Waals surface area contributed by atoms with Gasteiger partial charge in [0.1, 0.15) is 30.5 Å². The lowest BCUT2D eigenvalue weighted by molar-refractivity contribution is -0.315. The minimum Gasteiger partial charge on any atom is -0.458 e. The molecule has 4 fully saturated rings. The second-order valence-corrected chi connectivity index (χ2v) is 15.3. The molecule has 2 aliphatic heterocycles. The van der Waals surface area contributed by atoms with Crippen molar-refractivity contribution < 1.29 is 54.8 Å². The third kappa shape index (κ3) is 5.25. The Morgan fingerprint density at radius 1 is 1.00 bits per heavy atom. The lowest BCUT2D eigenvalue weighted by Crippen LogP contribution is -2.61. The first-order valence-corrected chi connectivity index (χ1v) is 16.8. The quantitative estimate of drug-likeness (QED) is 0.163. The fraction of sp³-hybridized carbons (Fsp3) is 0.853. The van der Waals surface area contributed by atoms with Crippen LogP contribution in [0.5, 0.6) is 0 Å². The fourth-order valence-corrected chi connectivity index (χ4v) is 10.7. The molecule has 2 heterocycles. The van der Waals surface area contributed by atoms with Crippen LogP contribution in [0.2, 0.25) is 0 Å². The van der Waals surface area contributed by atoms with Crippen LogP contribution in [0.15, 0.2) is 22.8 Å². The van der Waals surface area contributed by atoms with E-state index < -0.39 is 67.0 Å². The van der Waals surface area contributed by atoms with Crippen molar-refractivity contribution in [2.45, 2.75) is 128 Å². The van der Waals surface area contributed by atoms with E-state index in [9.17, 15) is 40.5 Å². The highest BCUT2D eigenvalue weighted by molar-refractivity contribution is 5.90. The first kappa shape index (κ1) is 33.5. The van der Waals surface area contributed by atoms with E-state index in [1.807, 2.05) is 13.0 Å². The minimum absolute atomic E-state index is 0.0243. The van der Waals surface area contributed by atoms with E-state index in [0.29, 0.717) is 24.3 Å². The minimum atomic E-state index is -1.55. The van der Waals surface area contributed by atoms with Crippen molar-refractivity contribution in [1.82, 2.24) is 0 Å². The number of fused-ring (bicyclic) bond motifs is 5. The van der Waals surface area contributed by atoms with Crippen LogP contribution < -0.4 is 0 Å². The molecule has 0 spiro atoms. The summed E-state index contributed by atoms with van der Waals surface area (Å²) in [5.74, 6) is 0.292. The molecule has 0 aromatic carbocycles. The molecule has 16 atom stereocenters. The lowest BCUT2D eigenvalue weighted by atomic mass is 9.45. The zero-order valence-corrected chi connectivity index (χ0v) is 26.8. The number of aliphatic hydroxyl groups is 7. The summed E-state index contributed by atoms with van der Waals surface area (Å²) in [6.45, 7) is 7.65. The van der Waals surface area contributed by atoms with Crippen LogP contribution in [0, 0.1) is 40.4 Å². The van der Waals surface area contributed by atoms with Gasteiger partial charge in [-0.25, -0.2) is 4.79 Å². The number of hydrogen-bond acceptors (Lipinski definition) is 11. The summed E-state index contributed by atoms with van der Waals surface area (Å²) in [5.41, 5.74) is 1.56. The third-order valence-electron chi connectivity index (χ3n) is 13.3. The normalized spacial score (nSPS) is 50.7. The van der Waals surface area contributed by atoms with Crippen LogP contribution in [0.25, 0.3) is 0 Å². The first-order chi connectivity index (χ1) is 21.3. The average molecular weight is 637 g/mol. The molecule has 11 heteroatoms. The second-order valence-electron chi connectivity index (χ2n) is 15.3. The van der Waals surface area contributed by atoms with Crippen LogP contribution in [0.4, 0.5) is 0 Å². The van der Waals surface area contributed by atoms with Gasteiger partial charge in [0, 0.05) is 18.3 Å². The molecule has 6 rings (SSSR count). The average Bonchev–Trinajstić information content (AvgIpc) is 3.35. The van der Waals surface area contributed by atoms with Crippen molar-refractivity contribution in [2.24, 2.45) is 40.4 Å². The maximum atomic E-state index is 12.6. The largest absolute Gasteiger partial charge is 0.458 e. The number of aliphatic hydroxyl groups excluding tert-OH is 7. The molecule has 45 heavy (non-hydrogen) atoms. The van der Waals surface area contributed by atoms with Gasteiger partial charge in [0.15, 0.2) is 6.29 Å².